The second-order valence-electron chi connectivity index (χ2n) is 8.37. The van der Waals surface area contributed by atoms with Crippen molar-refractivity contribution in [2.24, 2.45) is 5.10 Å². The quantitative estimate of drug-likeness (QED) is 0.124. The number of carbonyl (C=O) groups excluding carboxylic acids is 1. The van der Waals surface area contributed by atoms with Crippen LogP contribution in [0, 0.1) is 6.92 Å². The van der Waals surface area contributed by atoms with E-state index < -0.39 is 5.91 Å². The lowest BCUT2D eigenvalue weighted by molar-refractivity contribution is 0.0955. The highest BCUT2D eigenvalue weighted by molar-refractivity contribution is 7.09. The van der Waals surface area contributed by atoms with Crippen molar-refractivity contribution in [1.29, 1.82) is 0 Å². The Hall–Kier alpha value is -3.65. The van der Waals surface area contributed by atoms with E-state index in [1.807, 2.05) is 49.4 Å². The van der Waals surface area contributed by atoms with Crippen LogP contribution in [0.1, 0.15) is 26.4 Å². The predicted octanol–water partition coefficient (Wildman–Crippen LogP) is 6.06. The molecule has 0 aliphatic carbocycles. The van der Waals surface area contributed by atoms with Crippen LogP contribution in [0.25, 0.3) is 11.1 Å². The Bertz CT molecular complexity index is 1360. The van der Waals surface area contributed by atoms with Crippen molar-refractivity contribution >= 4 is 35.1 Å². The number of ether oxygens (including phenoxy) is 1. The zero-order valence-corrected chi connectivity index (χ0v) is 22.0. The van der Waals surface area contributed by atoms with Gasteiger partial charge in [-0.2, -0.15) is 5.10 Å². The molecule has 0 saturated carbocycles. The van der Waals surface area contributed by atoms with Gasteiger partial charge in [-0.25, -0.2) is 5.43 Å². The number of benzene rings is 3. The Morgan fingerprint density at radius 2 is 1.92 bits per heavy atom. The van der Waals surface area contributed by atoms with Crippen molar-refractivity contribution in [3.8, 4) is 22.6 Å². The molecule has 1 heterocycles. The summed E-state index contributed by atoms with van der Waals surface area (Å²) < 4.78 is 6.23. The van der Waals surface area contributed by atoms with Crippen LogP contribution < -0.4 is 15.5 Å². The maximum absolute atomic E-state index is 12.4. The van der Waals surface area contributed by atoms with Crippen LogP contribution >= 0.6 is 22.9 Å². The number of thiophene rings is 1. The lowest BCUT2D eigenvalue weighted by Gasteiger charge is -2.16. The summed E-state index contributed by atoms with van der Waals surface area (Å²) in [4.78, 5) is 13.7. The van der Waals surface area contributed by atoms with E-state index in [9.17, 15) is 9.90 Å². The van der Waals surface area contributed by atoms with Gasteiger partial charge in [0.2, 0.25) is 0 Å². The molecule has 1 amide bonds. The Morgan fingerprint density at radius 1 is 1.08 bits per heavy atom. The minimum atomic E-state index is -0.426. The number of hydrazone groups is 1. The number of aromatic hydroxyl groups is 1. The van der Waals surface area contributed by atoms with Crippen molar-refractivity contribution in [3.63, 3.8) is 0 Å². The number of nitrogens with zero attached hydrogens (tertiary/aromatic N) is 1. The first-order chi connectivity index (χ1) is 18.0. The molecule has 1 aromatic heterocycles. The van der Waals surface area contributed by atoms with Gasteiger partial charge < -0.3 is 15.2 Å². The van der Waals surface area contributed by atoms with Crippen molar-refractivity contribution in [3.05, 3.63) is 105 Å². The second kappa shape index (κ2) is 13.1. The number of nitrogens with one attached hydrogen (secondary N) is 2. The normalized spacial score (nSPS) is 11.1. The highest BCUT2D eigenvalue weighted by Crippen LogP contribution is 2.34. The van der Waals surface area contributed by atoms with E-state index in [4.69, 9.17) is 16.3 Å². The van der Waals surface area contributed by atoms with Crippen molar-refractivity contribution in [2.75, 3.05) is 19.7 Å². The maximum atomic E-state index is 12.4. The Morgan fingerprint density at radius 3 is 2.68 bits per heavy atom. The molecule has 6 nitrogen and oxygen atoms in total. The van der Waals surface area contributed by atoms with Gasteiger partial charge in [0.25, 0.3) is 5.91 Å². The van der Waals surface area contributed by atoms with Crippen LogP contribution in [-0.2, 0) is 6.42 Å². The third kappa shape index (κ3) is 7.43. The molecule has 0 bridgehead atoms. The van der Waals surface area contributed by atoms with Crippen LogP contribution in [0.5, 0.6) is 11.5 Å². The van der Waals surface area contributed by atoms with Crippen molar-refractivity contribution < 1.29 is 14.6 Å². The molecule has 8 heteroatoms. The highest BCUT2D eigenvalue weighted by atomic mass is 35.5. The molecule has 0 unspecified atom stereocenters. The Labute approximate surface area is 225 Å². The fraction of sp³-hybridized carbons (Fsp3) is 0.172. The molecule has 190 valence electrons. The summed E-state index contributed by atoms with van der Waals surface area (Å²) in [5.41, 5.74) is 6.58. The van der Waals surface area contributed by atoms with Gasteiger partial charge >= 0.3 is 0 Å². The van der Waals surface area contributed by atoms with Gasteiger partial charge in [-0.3, -0.25) is 4.79 Å². The maximum Gasteiger partial charge on any atom is 0.271 e. The van der Waals surface area contributed by atoms with E-state index in [0.29, 0.717) is 12.2 Å². The zero-order valence-electron chi connectivity index (χ0n) is 20.4. The molecule has 0 aliphatic rings. The average molecular weight is 534 g/mol. The smallest absolute Gasteiger partial charge is 0.271 e. The number of aryl methyl sites for hydroxylation is 1. The molecule has 4 rings (SSSR count). The van der Waals surface area contributed by atoms with Gasteiger partial charge in [0.1, 0.15) is 18.1 Å². The number of amides is 1. The summed E-state index contributed by atoms with van der Waals surface area (Å²) in [5, 5.41) is 19.3. The molecular formula is C29H28ClN3O3S. The topological polar surface area (TPSA) is 83.0 Å². The van der Waals surface area contributed by atoms with Gasteiger partial charge in [-0.1, -0.05) is 48.0 Å². The molecule has 3 aromatic carbocycles. The van der Waals surface area contributed by atoms with Gasteiger partial charge in [0.15, 0.2) is 0 Å². The number of phenols is 1. The average Bonchev–Trinajstić information content (AvgIpc) is 3.42. The summed E-state index contributed by atoms with van der Waals surface area (Å²) in [5.74, 6) is 0.318. The second-order valence-corrected chi connectivity index (χ2v) is 9.81. The number of carbonyl (C=O) groups is 1. The molecule has 0 saturated heterocycles. The van der Waals surface area contributed by atoms with E-state index in [1.54, 1.807) is 17.6 Å². The third-order valence-corrected chi connectivity index (χ3v) is 6.86. The summed E-state index contributed by atoms with van der Waals surface area (Å²) in [7, 11) is 0. The highest BCUT2D eigenvalue weighted by Gasteiger charge is 2.12. The predicted molar refractivity (Wildman–Crippen MR) is 151 cm³/mol. The van der Waals surface area contributed by atoms with E-state index in [2.05, 4.69) is 33.4 Å². The molecule has 37 heavy (non-hydrogen) atoms. The number of phenolic OH excluding ortho intramolecular Hbond substituents is 1. The van der Waals surface area contributed by atoms with Crippen molar-refractivity contribution in [2.45, 2.75) is 13.3 Å². The van der Waals surface area contributed by atoms with E-state index in [0.717, 1.165) is 47.5 Å². The Kier molecular flexibility index (Phi) is 9.32. The summed E-state index contributed by atoms with van der Waals surface area (Å²) in [6.07, 6.45) is 2.60. The van der Waals surface area contributed by atoms with Gasteiger partial charge in [0, 0.05) is 29.1 Å². The number of halogens is 1. The Balaban J connectivity index is 1.42. The lowest BCUT2D eigenvalue weighted by atomic mass is 9.99. The first kappa shape index (κ1) is 26.4. The summed E-state index contributed by atoms with van der Waals surface area (Å²) in [6.45, 7) is 4.20. The fourth-order valence-corrected chi connectivity index (χ4v) is 4.68. The van der Waals surface area contributed by atoms with Crippen LogP contribution in [-0.4, -0.2) is 36.9 Å². The van der Waals surface area contributed by atoms with Crippen LogP contribution in [0.2, 0.25) is 5.02 Å². The van der Waals surface area contributed by atoms with E-state index in [-0.39, 0.29) is 10.8 Å². The molecule has 0 radical (unpaired) electrons. The number of hydrogen-bond donors (Lipinski definition) is 3. The number of hydrogen-bond acceptors (Lipinski definition) is 6. The largest absolute Gasteiger partial charge is 0.506 e. The third-order valence-electron chi connectivity index (χ3n) is 5.62. The molecule has 0 atom stereocenters. The minimum Gasteiger partial charge on any atom is -0.506 e. The summed E-state index contributed by atoms with van der Waals surface area (Å²) >= 11 is 7.67. The molecule has 0 fully saturated rings. The molecule has 0 spiro atoms. The summed E-state index contributed by atoms with van der Waals surface area (Å²) in [6, 6.07) is 22.5. The zero-order chi connectivity index (χ0) is 26.0. The fourth-order valence-electron chi connectivity index (χ4n) is 3.79. The monoisotopic (exact) mass is 533 g/mol. The van der Waals surface area contributed by atoms with E-state index in [1.165, 1.54) is 23.1 Å². The van der Waals surface area contributed by atoms with Gasteiger partial charge in [0.05, 0.1) is 11.2 Å². The molecule has 4 aromatic rings. The van der Waals surface area contributed by atoms with Crippen LogP contribution in [0.4, 0.5) is 0 Å². The standard InChI is InChI=1S/C29H28ClN3O3S/c1-20-16-21(19-32-33-29(35)23-9-10-27(34)26(30)18-23)17-25(22-6-3-2-4-7-22)28(20)36-14-13-31-12-11-24-8-5-15-37-24/h2-10,15-19,31,34H,11-14H2,1H3,(H,33,35)/b32-19+. The van der Waals surface area contributed by atoms with Gasteiger partial charge in [-0.15, -0.1) is 11.3 Å². The van der Waals surface area contributed by atoms with Crippen LogP contribution in [0.3, 0.4) is 0 Å². The molecular weight excluding hydrogens is 506 g/mol. The van der Waals surface area contributed by atoms with E-state index >= 15 is 0 Å². The minimum absolute atomic E-state index is 0.0814. The van der Waals surface area contributed by atoms with Crippen LogP contribution in [0.15, 0.2) is 83.3 Å². The van der Waals surface area contributed by atoms with Gasteiger partial charge in [-0.05, 0) is 71.8 Å². The van der Waals surface area contributed by atoms with Crippen molar-refractivity contribution in [1.82, 2.24) is 10.7 Å². The molecule has 3 N–H and O–H groups in total. The lowest BCUT2D eigenvalue weighted by Crippen LogP contribution is -2.23. The first-order valence-corrected chi connectivity index (χ1v) is 13.1. The first-order valence-electron chi connectivity index (χ1n) is 11.9. The molecule has 0 aliphatic heterocycles. The SMILES string of the molecule is Cc1cc(/C=N/NC(=O)c2ccc(O)c(Cl)c2)cc(-c2ccccc2)c1OCCNCCc1cccs1. The number of rotatable bonds is 11.